The van der Waals surface area contributed by atoms with Gasteiger partial charge in [0.05, 0.1) is 17.8 Å². The number of hydrogen-bond acceptors (Lipinski definition) is 6. The molecule has 7 heteroatoms. The van der Waals surface area contributed by atoms with Crippen LogP contribution in [0.15, 0.2) is 77.2 Å². The molecule has 1 unspecified atom stereocenters. The third kappa shape index (κ3) is 4.24. The number of nitrogens with zero attached hydrogens (tertiary/aromatic N) is 3. The van der Waals surface area contributed by atoms with Gasteiger partial charge < -0.3 is 18.8 Å². The lowest BCUT2D eigenvalue weighted by atomic mass is 10.1. The Morgan fingerprint density at radius 1 is 1.03 bits per heavy atom. The number of fused-ring (bicyclic) bond motifs is 1. The summed E-state index contributed by atoms with van der Waals surface area (Å²) in [6, 6.07) is 22.8. The summed E-state index contributed by atoms with van der Waals surface area (Å²) in [5, 5.41) is 8.41. The third-order valence-corrected chi connectivity index (χ3v) is 5.72. The van der Waals surface area contributed by atoms with Crippen LogP contribution in [0.1, 0.15) is 18.9 Å². The zero-order chi connectivity index (χ0) is 23.5. The first-order valence-corrected chi connectivity index (χ1v) is 11.3. The Hall–Kier alpha value is -4.13. The molecule has 172 valence electrons. The molecule has 2 heterocycles. The van der Waals surface area contributed by atoms with Gasteiger partial charge in [-0.2, -0.15) is 0 Å². The van der Waals surface area contributed by atoms with E-state index < -0.39 is 6.10 Å². The number of amides is 1. The molecule has 7 nitrogen and oxygen atoms in total. The number of para-hydroxylation sites is 1. The van der Waals surface area contributed by atoms with Gasteiger partial charge in [0.15, 0.2) is 6.10 Å². The van der Waals surface area contributed by atoms with Crippen molar-refractivity contribution in [2.45, 2.75) is 26.4 Å². The summed E-state index contributed by atoms with van der Waals surface area (Å²) in [4.78, 5) is 15.3. The molecule has 1 amide bonds. The number of hydrogen-bond donors (Lipinski definition) is 0. The number of aryl methyl sites for hydroxylation is 1. The smallest absolute Gasteiger partial charge is 0.268 e. The van der Waals surface area contributed by atoms with E-state index in [9.17, 15) is 4.79 Å². The summed E-state index contributed by atoms with van der Waals surface area (Å²) in [5.74, 6) is 1.88. The van der Waals surface area contributed by atoms with Crippen molar-refractivity contribution in [1.82, 2.24) is 10.2 Å². The first-order valence-electron chi connectivity index (χ1n) is 11.3. The number of aromatic nitrogens is 2. The van der Waals surface area contributed by atoms with Crippen LogP contribution in [-0.2, 0) is 4.79 Å². The lowest BCUT2D eigenvalue weighted by Crippen LogP contribution is -2.45. The first-order chi connectivity index (χ1) is 16.6. The lowest BCUT2D eigenvalue weighted by molar-refractivity contribution is -0.125. The normalized spacial score (nSPS) is 13.6. The predicted octanol–water partition coefficient (Wildman–Crippen LogP) is 5.30. The van der Waals surface area contributed by atoms with Gasteiger partial charge in [0.25, 0.3) is 11.8 Å². The summed E-state index contributed by atoms with van der Waals surface area (Å²) >= 11 is 0. The molecule has 0 bridgehead atoms. The maximum Gasteiger partial charge on any atom is 0.268 e. The topological polar surface area (TPSA) is 77.7 Å². The van der Waals surface area contributed by atoms with Crippen LogP contribution in [0.4, 0.5) is 5.69 Å². The second kappa shape index (κ2) is 9.39. The van der Waals surface area contributed by atoms with Gasteiger partial charge in [0.2, 0.25) is 5.89 Å². The van der Waals surface area contributed by atoms with Gasteiger partial charge in [0, 0.05) is 5.56 Å². The molecular formula is C27H25N3O4. The number of ether oxygens (including phenoxy) is 2. The molecule has 1 aliphatic rings. The minimum Gasteiger partial charge on any atom is -0.490 e. The van der Waals surface area contributed by atoms with Gasteiger partial charge in [-0.15, -0.1) is 10.2 Å². The van der Waals surface area contributed by atoms with Crippen LogP contribution in [0, 0.1) is 6.92 Å². The van der Waals surface area contributed by atoms with E-state index in [-0.39, 0.29) is 5.91 Å². The van der Waals surface area contributed by atoms with Crippen molar-refractivity contribution in [1.29, 1.82) is 0 Å². The van der Waals surface area contributed by atoms with Crippen LogP contribution in [0.5, 0.6) is 11.5 Å². The van der Waals surface area contributed by atoms with E-state index in [2.05, 4.69) is 10.2 Å². The molecule has 0 saturated heterocycles. The summed E-state index contributed by atoms with van der Waals surface area (Å²) < 4.78 is 17.9. The molecule has 0 radical (unpaired) electrons. The highest BCUT2D eigenvalue weighted by Crippen LogP contribution is 2.35. The van der Waals surface area contributed by atoms with Gasteiger partial charge in [-0.1, -0.05) is 43.3 Å². The standard InChI is InChI=1S/C27H25N3O4/c1-3-22(27(31)30-15-16-32-24-14-13-18(2)17-21(24)30)33-23-12-8-7-11-20(23)26-29-28-25(34-26)19-9-5-4-6-10-19/h4-14,17,22H,3,15-16H2,1-2H3. The van der Waals surface area contributed by atoms with Crippen LogP contribution in [0.25, 0.3) is 22.9 Å². The monoisotopic (exact) mass is 455 g/mol. The minimum atomic E-state index is -0.677. The van der Waals surface area contributed by atoms with Crippen molar-refractivity contribution in [3.8, 4) is 34.4 Å². The number of anilines is 1. The van der Waals surface area contributed by atoms with E-state index in [0.717, 1.165) is 16.8 Å². The van der Waals surface area contributed by atoms with E-state index >= 15 is 0 Å². The van der Waals surface area contributed by atoms with E-state index in [1.165, 1.54) is 0 Å². The Bertz CT molecular complexity index is 1300. The molecule has 3 aromatic carbocycles. The minimum absolute atomic E-state index is 0.108. The lowest BCUT2D eigenvalue weighted by Gasteiger charge is -2.32. The van der Waals surface area contributed by atoms with Crippen LogP contribution < -0.4 is 14.4 Å². The second-order valence-electron chi connectivity index (χ2n) is 8.10. The van der Waals surface area contributed by atoms with Gasteiger partial charge in [-0.05, 0) is 55.3 Å². The zero-order valence-electron chi connectivity index (χ0n) is 19.1. The fourth-order valence-electron chi connectivity index (χ4n) is 3.97. The van der Waals surface area contributed by atoms with Crippen molar-refractivity contribution >= 4 is 11.6 Å². The number of carbonyl (C=O) groups is 1. The summed E-state index contributed by atoms with van der Waals surface area (Å²) in [7, 11) is 0. The third-order valence-electron chi connectivity index (χ3n) is 5.72. The van der Waals surface area contributed by atoms with Gasteiger partial charge >= 0.3 is 0 Å². The van der Waals surface area contributed by atoms with Gasteiger partial charge in [-0.25, -0.2) is 0 Å². The van der Waals surface area contributed by atoms with Gasteiger partial charge in [0.1, 0.15) is 18.1 Å². The predicted molar refractivity (Wildman–Crippen MR) is 129 cm³/mol. The van der Waals surface area contributed by atoms with Crippen molar-refractivity contribution in [2.75, 3.05) is 18.1 Å². The molecule has 34 heavy (non-hydrogen) atoms. The van der Waals surface area contributed by atoms with Crippen LogP contribution >= 0.6 is 0 Å². The highest BCUT2D eigenvalue weighted by atomic mass is 16.5. The first kappa shape index (κ1) is 21.7. The van der Waals surface area contributed by atoms with E-state index in [1.54, 1.807) is 4.90 Å². The van der Waals surface area contributed by atoms with Crippen molar-refractivity contribution in [3.63, 3.8) is 0 Å². The summed E-state index contributed by atoms with van der Waals surface area (Å²) in [6.45, 7) is 4.85. The zero-order valence-corrected chi connectivity index (χ0v) is 19.1. The Kier molecular flexibility index (Phi) is 5.99. The fourth-order valence-corrected chi connectivity index (χ4v) is 3.97. The van der Waals surface area contributed by atoms with Crippen molar-refractivity contribution < 1.29 is 18.7 Å². The highest BCUT2D eigenvalue weighted by Gasteiger charge is 2.31. The molecule has 1 aliphatic heterocycles. The molecule has 0 fully saturated rings. The van der Waals surface area contributed by atoms with Gasteiger partial charge in [-0.3, -0.25) is 4.79 Å². The summed E-state index contributed by atoms with van der Waals surface area (Å²) in [5.41, 5.74) is 3.31. The number of carbonyl (C=O) groups excluding carboxylic acids is 1. The second-order valence-corrected chi connectivity index (χ2v) is 8.10. The summed E-state index contributed by atoms with van der Waals surface area (Å²) in [6.07, 6.45) is -0.172. The van der Waals surface area contributed by atoms with Crippen molar-refractivity contribution in [3.05, 3.63) is 78.4 Å². The molecule has 0 spiro atoms. The van der Waals surface area contributed by atoms with E-state index in [1.807, 2.05) is 86.6 Å². The highest BCUT2D eigenvalue weighted by molar-refractivity contribution is 5.98. The van der Waals surface area contributed by atoms with Crippen LogP contribution in [-0.4, -0.2) is 35.4 Å². The number of rotatable bonds is 6. The maximum absolute atomic E-state index is 13.5. The Labute approximate surface area is 198 Å². The molecule has 0 N–H and O–H groups in total. The molecule has 1 atom stereocenters. The van der Waals surface area contributed by atoms with Crippen LogP contribution in [0.3, 0.4) is 0 Å². The quantitative estimate of drug-likeness (QED) is 0.393. The number of benzene rings is 3. The van der Waals surface area contributed by atoms with E-state index in [0.29, 0.717) is 48.4 Å². The Balaban J connectivity index is 1.41. The molecule has 0 saturated carbocycles. The molecular weight excluding hydrogens is 430 g/mol. The van der Waals surface area contributed by atoms with Crippen molar-refractivity contribution in [2.24, 2.45) is 0 Å². The Morgan fingerprint density at radius 2 is 1.79 bits per heavy atom. The molecule has 0 aliphatic carbocycles. The van der Waals surface area contributed by atoms with Crippen LogP contribution in [0.2, 0.25) is 0 Å². The average Bonchev–Trinajstić information content (AvgIpc) is 3.37. The van der Waals surface area contributed by atoms with E-state index in [4.69, 9.17) is 13.9 Å². The largest absolute Gasteiger partial charge is 0.490 e. The molecule has 5 rings (SSSR count). The molecule has 1 aromatic heterocycles. The molecule has 4 aromatic rings. The average molecular weight is 456 g/mol. The SMILES string of the molecule is CCC(Oc1ccccc1-c1nnc(-c2ccccc2)o1)C(=O)N1CCOc2ccc(C)cc21. The Morgan fingerprint density at radius 3 is 2.62 bits per heavy atom. The fraction of sp³-hybridized carbons (Fsp3) is 0.222. The maximum atomic E-state index is 13.5.